The zero-order valence-electron chi connectivity index (χ0n) is 11.2. The molecule has 1 fully saturated rings. The van der Waals surface area contributed by atoms with Crippen LogP contribution in [0.3, 0.4) is 0 Å². The Morgan fingerprint density at radius 2 is 2.00 bits per heavy atom. The second-order valence-corrected chi connectivity index (χ2v) is 5.32. The van der Waals surface area contributed by atoms with Gasteiger partial charge in [-0.05, 0) is 30.0 Å². The molecule has 0 aliphatic carbocycles. The van der Waals surface area contributed by atoms with Crippen molar-refractivity contribution in [3.05, 3.63) is 29.8 Å². The number of ether oxygens (including phenoxy) is 2. The molecule has 0 amide bonds. The first-order valence-electron chi connectivity index (χ1n) is 6.60. The van der Waals surface area contributed by atoms with Gasteiger partial charge in [0.2, 0.25) is 0 Å². The van der Waals surface area contributed by atoms with E-state index in [2.05, 4.69) is 26.0 Å². The average Bonchev–Trinajstić information content (AvgIpc) is 2.38. The smallest absolute Gasteiger partial charge is 0.119 e. The Morgan fingerprint density at radius 1 is 1.33 bits per heavy atom. The molecule has 1 unspecified atom stereocenters. The van der Waals surface area contributed by atoms with Crippen LogP contribution in [0.25, 0.3) is 0 Å². The zero-order chi connectivity index (χ0) is 13.0. The number of hydrogen-bond acceptors (Lipinski definition) is 3. The van der Waals surface area contributed by atoms with Crippen LogP contribution in [0.5, 0.6) is 5.75 Å². The first-order valence-corrected chi connectivity index (χ1v) is 6.60. The summed E-state index contributed by atoms with van der Waals surface area (Å²) < 4.78 is 10.9. The lowest BCUT2D eigenvalue weighted by molar-refractivity contribution is -0.153. The van der Waals surface area contributed by atoms with Crippen molar-refractivity contribution in [2.24, 2.45) is 5.41 Å². The maximum Gasteiger partial charge on any atom is 0.119 e. The highest BCUT2D eigenvalue weighted by Crippen LogP contribution is 2.28. The number of aliphatic hydroxyl groups excluding tert-OH is 1. The van der Waals surface area contributed by atoms with Gasteiger partial charge in [0.1, 0.15) is 12.4 Å². The topological polar surface area (TPSA) is 38.7 Å². The summed E-state index contributed by atoms with van der Waals surface area (Å²) in [6.07, 6.45) is 1.14. The van der Waals surface area contributed by atoms with E-state index < -0.39 is 0 Å². The van der Waals surface area contributed by atoms with Crippen molar-refractivity contribution in [3.63, 3.8) is 0 Å². The number of rotatable bonds is 6. The Labute approximate surface area is 109 Å². The van der Waals surface area contributed by atoms with Crippen LogP contribution in [0.15, 0.2) is 24.3 Å². The molecule has 3 nitrogen and oxygen atoms in total. The summed E-state index contributed by atoms with van der Waals surface area (Å²) in [5.41, 5.74) is 1.16. The fraction of sp³-hybridized carbons (Fsp3) is 0.600. The van der Waals surface area contributed by atoms with Gasteiger partial charge in [-0.3, -0.25) is 0 Å². The van der Waals surface area contributed by atoms with Gasteiger partial charge in [-0.1, -0.05) is 26.0 Å². The summed E-state index contributed by atoms with van der Waals surface area (Å²) in [5.74, 6) is 1.45. The van der Waals surface area contributed by atoms with Gasteiger partial charge in [0.05, 0.1) is 25.2 Å². The van der Waals surface area contributed by atoms with E-state index in [0.717, 1.165) is 12.2 Å². The van der Waals surface area contributed by atoms with E-state index in [0.29, 0.717) is 25.7 Å². The van der Waals surface area contributed by atoms with E-state index in [1.165, 1.54) is 5.56 Å². The van der Waals surface area contributed by atoms with Crippen LogP contribution < -0.4 is 4.74 Å². The molecule has 1 N–H and O–H groups in total. The Balaban J connectivity index is 1.90. The molecule has 1 atom stereocenters. The average molecular weight is 250 g/mol. The van der Waals surface area contributed by atoms with Crippen molar-refractivity contribution in [1.29, 1.82) is 0 Å². The third kappa shape index (κ3) is 2.85. The monoisotopic (exact) mass is 250 g/mol. The Hall–Kier alpha value is -1.06. The van der Waals surface area contributed by atoms with Crippen molar-refractivity contribution in [2.75, 3.05) is 26.4 Å². The molecule has 1 aliphatic heterocycles. The molecule has 2 rings (SSSR count). The van der Waals surface area contributed by atoms with Crippen LogP contribution in [0.1, 0.15) is 31.7 Å². The molecule has 1 aromatic carbocycles. The first kappa shape index (κ1) is 13.4. The van der Waals surface area contributed by atoms with E-state index in [4.69, 9.17) is 9.47 Å². The van der Waals surface area contributed by atoms with Gasteiger partial charge >= 0.3 is 0 Å². The molecule has 1 heterocycles. The SMILES string of the molecule is CCC(C)c1ccc(OCC2(CO)COC2)cc1. The Kier molecular flexibility index (Phi) is 4.25. The van der Waals surface area contributed by atoms with Crippen molar-refractivity contribution in [1.82, 2.24) is 0 Å². The van der Waals surface area contributed by atoms with Crippen LogP contribution in [0, 0.1) is 5.41 Å². The predicted octanol–water partition coefficient (Wildman–Crippen LogP) is 2.59. The minimum absolute atomic E-state index is 0.123. The summed E-state index contributed by atoms with van der Waals surface area (Å²) in [6.45, 7) is 6.24. The first-order chi connectivity index (χ1) is 8.69. The maximum absolute atomic E-state index is 9.30. The summed E-state index contributed by atoms with van der Waals surface area (Å²) in [4.78, 5) is 0. The normalized spacial score (nSPS) is 19.1. The summed E-state index contributed by atoms with van der Waals surface area (Å²) in [6, 6.07) is 8.25. The number of benzene rings is 1. The van der Waals surface area contributed by atoms with E-state index >= 15 is 0 Å². The minimum atomic E-state index is -0.185. The Morgan fingerprint density at radius 3 is 2.44 bits per heavy atom. The van der Waals surface area contributed by atoms with Gasteiger partial charge in [0.15, 0.2) is 0 Å². The van der Waals surface area contributed by atoms with E-state index in [1.807, 2.05) is 12.1 Å². The minimum Gasteiger partial charge on any atom is -0.493 e. The number of hydrogen-bond donors (Lipinski definition) is 1. The second kappa shape index (κ2) is 5.72. The third-order valence-electron chi connectivity index (χ3n) is 3.76. The van der Waals surface area contributed by atoms with Crippen LogP contribution in [0.2, 0.25) is 0 Å². The highest BCUT2D eigenvalue weighted by molar-refractivity contribution is 5.29. The van der Waals surface area contributed by atoms with Gasteiger partial charge < -0.3 is 14.6 Å². The van der Waals surface area contributed by atoms with Gasteiger partial charge in [0, 0.05) is 0 Å². The highest BCUT2D eigenvalue weighted by atomic mass is 16.5. The lowest BCUT2D eigenvalue weighted by Crippen LogP contribution is -2.49. The summed E-state index contributed by atoms with van der Waals surface area (Å²) in [7, 11) is 0. The standard InChI is InChI=1S/C15H22O3/c1-3-12(2)13-4-6-14(7-5-13)18-11-15(8-16)9-17-10-15/h4-7,12,16H,3,8-11H2,1-2H3. The highest BCUT2D eigenvalue weighted by Gasteiger charge is 2.39. The van der Waals surface area contributed by atoms with E-state index in [9.17, 15) is 5.11 Å². The molecular weight excluding hydrogens is 228 g/mol. The van der Waals surface area contributed by atoms with Crippen LogP contribution in [-0.4, -0.2) is 31.5 Å². The lowest BCUT2D eigenvalue weighted by Gasteiger charge is -2.39. The maximum atomic E-state index is 9.30. The molecule has 1 aromatic rings. The van der Waals surface area contributed by atoms with Crippen molar-refractivity contribution < 1.29 is 14.6 Å². The van der Waals surface area contributed by atoms with Crippen molar-refractivity contribution in [2.45, 2.75) is 26.2 Å². The molecule has 100 valence electrons. The van der Waals surface area contributed by atoms with E-state index in [1.54, 1.807) is 0 Å². The van der Waals surface area contributed by atoms with Crippen LogP contribution in [-0.2, 0) is 4.74 Å². The van der Waals surface area contributed by atoms with Crippen molar-refractivity contribution in [3.8, 4) is 5.75 Å². The summed E-state index contributed by atoms with van der Waals surface area (Å²) in [5, 5.41) is 9.30. The third-order valence-corrected chi connectivity index (χ3v) is 3.76. The van der Waals surface area contributed by atoms with Gasteiger partial charge in [-0.15, -0.1) is 0 Å². The largest absolute Gasteiger partial charge is 0.493 e. The zero-order valence-corrected chi connectivity index (χ0v) is 11.2. The quantitative estimate of drug-likeness (QED) is 0.843. The molecule has 1 aliphatic rings. The molecule has 0 bridgehead atoms. The molecule has 18 heavy (non-hydrogen) atoms. The van der Waals surface area contributed by atoms with Gasteiger partial charge in [-0.25, -0.2) is 0 Å². The molecule has 0 aromatic heterocycles. The fourth-order valence-corrected chi connectivity index (χ4v) is 1.98. The van der Waals surface area contributed by atoms with Crippen molar-refractivity contribution >= 4 is 0 Å². The lowest BCUT2D eigenvalue weighted by atomic mass is 9.88. The second-order valence-electron chi connectivity index (χ2n) is 5.32. The molecule has 1 saturated heterocycles. The van der Waals surface area contributed by atoms with Gasteiger partial charge in [0.25, 0.3) is 0 Å². The van der Waals surface area contributed by atoms with Gasteiger partial charge in [-0.2, -0.15) is 0 Å². The van der Waals surface area contributed by atoms with Crippen LogP contribution in [0.4, 0.5) is 0 Å². The molecule has 0 spiro atoms. The molecule has 3 heteroatoms. The Bertz CT molecular complexity index is 362. The molecule has 0 saturated carbocycles. The molecule has 0 radical (unpaired) electrons. The number of aliphatic hydroxyl groups is 1. The van der Waals surface area contributed by atoms with Crippen LogP contribution >= 0.6 is 0 Å². The molecular formula is C15H22O3. The van der Waals surface area contributed by atoms with E-state index in [-0.39, 0.29) is 12.0 Å². The predicted molar refractivity (Wildman–Crippen MR) is 71.0 cm³/mol. The summed E-state index contributed by atoms with van der Waals surface area (Å²) >= 11 is 0. The fourth-order valence-electron chi connectivity index (χ4n) is 1.98.